The highest BCUT2D eigenvalue weighted by molar-refractivity contribution is 6.23. The van der Waals surface area contributed by atoms with Gasteiger partial charge in [0.05, 0.1) is 0 Å². The van der Waals surface area contributed by atoms with Gasteiger partial charge in [0.1, 0.15) is 0 Å². The van der Waals surface area contributed by atoms with E-state index in [0.29, 0.717) is 0 Å². The van der Waals surface area contributed by atoms with Crippen LogP contribution in [0.2, 0.25) is 0 Å². The molecule has 0 atom stereocenters. The summed E-state index contributed by atoms with van der Waals surface area (Å²) >= 11 is 0. The summed E-state index contributed by atoms with van der Waals surface area (Å²) in [6.45, 7) is 9.63. The second-order valence-corrected chi connectivity index (χ2v) is 20.7. The van der Waals surface area contributed by atoms with Gasteiger partial charge in [-0.15, -0.1) is 0 Å². The van der Waals surface area contributed by atoms with Crippen molar-refractivity contribution in [3.05, 3.63) is 253 Å². The van der Waals surface area contributed by atoms with E-state index in [2.05, 4.69) is 258 Å². The van der Waals surface area contributed by atoms with Crippen LogP contribution in [0.3, 0.4) is 0 Å². The zero-order valence-corrected chi connectivity index (χ0v) is 39.9. The van der Waals surface area contributed by atoms with Crippen LogP contribution in [0, 0.1) is 0 Å². The van der Waals surface area contributed by atoms with Gasteiger partial charge in [0.2, 0.25) is 0 Å². The molecule has 14 rings (SSSR count). The first-order valence-electron chi connectivity index (χ1n) is 24.8. The van der Waals surface area contributed by atoms with Crippen LogP contribution < -0.4 is 0 Å². The Hall–Kier alpha value is -8.32. The molecule has 0 bridgehead atoms. The van der Waals surface area contributed by atoms with Crippen LogP contribution >= 0.6 is 0 Å². The largest absolute Gasteiger partial charge is 0.0622 e. The molecule has 0 N–H and O–H groups in total. The molecule has 0 aliphatic heterocycles. The summed E-state index contributed by atoms with van der Waals surface area (Å²) in [6.07, 6.45) is 0. The number of hydrogen-bond donors (Lipinski definition) is 0. The van der Waals surface area contributed by atoms with Gasteiger partial charge in [-0.25, -0.2) is 0 Å². The van der Waals surface area contributed by atoms with Crippen LogP contribution in [-0.4, -0.2) is 0 Å². The van der Waals surface area contributed by atoms with Crippen molar-refractivity contribution in [2.45, 2.75) is 38.5 Å². The molecule has 0 saturated heterocycles. The number of benzene rings is 12. The van der Waals surface area contributed by atoms with Crippen molar-refractivity contribution in [2.75, 3.05) is 0 Å². The number of hydrogen-bond acceptors (Lipinski definition) is 0. The Balaban J connectivity index is 0.953. The first-order valence-corrected chi connectivity index (χ1v) is 24.8. The van der Waals surface area contributed by atoms with Gasteiger partial charge in [-0.1, -0.05) is 234 Å². The highest BCUT2D eigenvalue weighted by Gasteiger charge is 2.38. The molecule has 0 nitrogen and oxygen atoms in total. The first-order chi connectivity index (χ1) is 34.3. The summed E-state index contributed by atoms with van der Waals surface area (Å²) < 4.78 is 0. The average molecular weight is 891 g/mol. The third-order valence-corrected chi connectivity index (χ3v) is 16.3. The highest BCUT2D eigenvalue weighted by atomic mass is 14.4. The van der Waals surface area contributed by atoms with Crippen LogP contribution in [0.25, 0.3) is 121 Å². The van der Waals surface area contributed by atoms with E-state index in [0.717, 1.165) is 0 Å². The van der Waals surface area contributed by atoms with Gasteiger partial charge in [0.25, 0.3) is 0 Å². The Morgan fingerprint density at radius 3 is 0.971 bits per heavy atom. The molecule has 70 heavy (non-hydrogen) atoms. The van der Waals surface area contributed by atoms with Gasteiger partial charge in [-0.3, -0.25) is 0 Å². The van der Waals surface area contributed by atoms with Gasteiger partial charge < -0.3 is 0 Å². The summed E-state index contributed by atoms with van der Waals surface area (Å²) in [5.74, 6) is 0. The predicted octanol–water partition coefficient (Wildman–Crippen LogP) is 19.2. The van der Waals surface area contributed by atoms with Crippen LogP contribution in [-0.2, 0) is 10.8 Å². The van der Waals surface area contributed by atoms with Crippen LogP contribution in [0.4, 0.5) is 0 Å². The van der Waals surface area contributed by atoms with E-state index in [-0.39, 0.29) is 10.8 Å². The van der Waals surface area contributed by atoms with Gasteiger partial charge >= 0.3 is 0 Å². The minimum atomic E-state index is -0.243. The lowest BCUT2D eigenvalue weighted by atomic mass is 9.79. The highest BCUT2D eigenvalue weighted by Crippen LogP contribution is 2.55. The maximum Gasteiger partial charge on any atom is 0.0159 e. The van der Waals surface area contributed by atoms with Gasteiger partial charge in [0, 0.05) is 10.8 Å². The van der Waals surface area contributed by atoms with E-state index in [4.69, 9.17) is 0 Å². The van der Waals surface area contributed by atoms with Crippen molar-refractivity contribution < 1.29 is 0 Å². The molecule has 0 radical (unpaired) electrons. The fraction of sp³-hybridized carbons (Fsp3) is 0.0857. The predicted molar refractivity (Wildman–Crippen MR) is 299 cm³/mol. The minimum absolute atomic E-state index is 0.104. The summed E-state index contributed by atoms with van der Waals surface area (Å²) in [5.41, 5.74) is 23.1. The van der Waals surface area contributed by atoms with Crippen molar-refractivity contribution >= 4 is 43.1 Å². The molecule has 2 aliphatic rings. The molecule has 0 unspecified atom stereocenters. The van der Waals surface area contributed by atoms with Crippen LogP contribution in [0.5, 0.6) is 0 Å². The quantitative estimate of drug-likeness (QED) is 0.151. The van der Waals surface area contributed by atoms with Gasteiger partial charge in [0.15, 0.2) is 0 Å². The van der Waals surface area contributed by atoms with Gasteiger partial charge in [-0.2, -0.15) is 0 Å². The maximum absolute atomic E-state index is 2.52. The Kier molecular flexibility index (Phi) is 8.78. The van der Waals surface area contributed by atoms with Crippen molar-refractivity contribution in [2.24, 2.45) is 0 Å². The molecule has 0 fully saturated rings. The first kappa shape index (κ1) is 40.7. The summed E-state index contributed by atoms with van der Waals surface area (Å²) in [6, 6.07) is 86.9. The van der Waals surface area contributed by atoms with E-state index in [9.17, 15) is 0 Å². The molecule has 0 heteroatoms. The lowest BCUT2D eigenvalue weighted by Gasteiger charge is -2.24. The molecular formula is C70H50. The third-order valence-electron chi connectivity index (χ3n) is 16.3. The minimum Gasteiger partial charge on any atom is -0.0622 e. The molecule has 330 valence electrons. The van der Waals surface area contributed by atoms with Crippen molar-refractivity contribution in [3.63, 3.8) is 0 Å². The molecule has 0 saturated carbocycles. The Bertz CT molecular complexity index is 4090. The zero-order chi connectivity index (χ0) is 46.9. The van der Waals surface area contributed by atoms with E-state index in [1.807, 2.05) is 0 Å². The lowest BCUT2D eigenvalue weighted by Crippen LogP contribution is -2.15. The third kappa shape index (κ3) is 5.83. The average Bonchev–Trinajstić information content (AvgIpc) is 3.77. The summed E-state index contributed by atoms with van der Waals surface area (Å²) in [4.78, 5) is 0. The zero-order valence-electron chi connectivity index (χ0n) is 39.9. The van der Waals surface area contributed by atoms with E-state index in [1.165, 1.54) is 143 Å². The Labute approximate surface area is 410 Å². The standard InChI is InChI=1S/C70H50/c1-69(2)61-30-18-17-23-49(61)50-35-34-48(42-62(50)69)68-58-29-16-15-28-57(58)67(59-38-31-45(39-60(59)68)43-19-7-5-8-20-43)47-33-37-52-51-36-32-46(40-63(51)70(3,4)64(52)41-47)66-55-26-13-11-24-53(55)65(44-21-9-6-10-22-44)54-25-12-14-27-56(54)66/h5-42H,1-4H3. The fourth-order valence-corrected chi connectivity index (χ4v) is 12.9. The molecular weight excluding hydrogens is 841 g/mol. The second kappa shape index (κ2) is 15.1. The smallest absolute Gasteiger partial charge is 0.0159 e. The van der Waals surface area contributed by atoms with E-state index < -0.39 is 0 Å². The monoisotopic (exact) mass is 890 g/mol. The maximum atomic E-state index is 2.52. The summed E-state index contributed by atoms with van der Waals surface area (Å²) in [5, 5.41) is 10.2. The SMILES string of the molecule is CC1(C)c2ccccc2-c2ccc(-c3c4ccccc4c(-c4ccc5c(c4)C(C)(C)c4cc(-c6c7ccccc7c(-c7ccccc7)c7ccccc67)ccc4-5)c4ccc(-c5ccccc5)cc34)cc21. The molecule has 12 aromatic rings. The fourth-order valence-electron chi connectivity index (χ4n) is 12.9. The second-order valence-electron chi connectivity index (χ2n) is 20.7. The van der Waals surface area contributed by atoms with E-state index in [1.54, 1.807) is 0 Å². The molecule has 12 aromatic carbocycles. The lowest BCUT2D eigenvalue weighted by molar-refractivity contribution is 0.660. The number of fused-ring (bicyclic) bond motifs is 10. The van der Waals surface area contributed by atoms with Crippen molar-refractivity contribution in [3.8, 4) is 77.9 Å². The Morgan fingerprint density at radius 2 is 0.514 bits per heavy atom. The van der Waals surface area contributed by atoms with Crippen LogP contribution in [0.1, 0.15) is 49.9 Å². The van der Waals surface area contributed by atoms with Crippen molar-refractivity contribution in [1.29, 1.82) is 0 Å². The Morgan fingerprint density at radius 1 is 0.200 bits per heavy atom. The molecule has 0 heterocycles. The molecule has 0 spiro atoms. The van der Waals surface area contributed by atoms with Crippen LogP contribution in [0.15, 0.2) is 231 Å². The topological polar surface area (TPSA) is 0 Å². The van der Waals surface area contributed by atoms with Gasteiger partial charge in [-0.05, 0) is 167 Å². The van der Waals surface area contributed by atoms with E-state index >= 15 is 0 Å². The molecule has 0 amide bonds. The number of rotatable bonds is 5. The molecule has 0 aromatic heterocycles. The normalized spacial score (nSPS) is 13.9. The summed E-state index contributed by atoms with van der Waals surface area (Å²) in [7, 11) is 0. The van der Waals surface area contributed by atoms with Crippen molar-refractivity contribution in [1.82, 2.24) is 0 Å². The molecule has 2 aliphatic carbocycles.